The second kappa shape index (κ2) is 6.65. The Bertz CT molecular complexity index is 900. The van der Waals surface area contributed by atoms with Crippen LogP contribution in [0.25, 0.3) is 0 Å². The van der Waals surface area contributed by atoms with Crippen LogP contribution in [0.2, 0.25) is 0 Å². The SMILES string of the molecule is CC(C)CC(C(=O)N1CCc2ccccc21)N1C(=O)c2ccccc2C1=O. The topological polar surface area (TPSA) is 57.7 Å². The molecule has 5 nitrogen and oxygen atoms in total. The molecule has 0 radical (unpaired) electrons. The predicted octanol–water partition coefficient (Wildman–Crippen LogP) is 3.29. The van der Waals surface area contributed by atoms with E-state index in [0.29, 0.717) is 24.1 Å². The van der Waals surface area contributed by atoms with E-state index < -0.39 is 6.04 Å². The zero-order valence-electron chi connectivity index (χ0n) is 15.5. The van der Waals surface area contributed by atoms with Crippen molar-refractivity contribution in [3.63, 3.8) is 0 Å². The van der Waals surface area contributed by atoms with E-state index in [1.165, 1.54) is 4.90 Å². The Hall–Kier alpha value is -2.95. The highest BCUT2D eigenvalue weighted by Gasteiger charge is 2.44. The van der Waals surface area contributed by atoms with Crippen LogP contribution >= 0.6 is 0 Å². The fourth-order valence-corrected chi connectivity index (χ4v) is 4.00. The number of fused-ring (bicyclic) bond motifs is 2. The molecule has 1 unspecified atom stereocenters. The molecule has 2 aliphatic rings. The molecule has 0 spiro atoms. The minimum Gasteiger partial charge on any atom is -0.310 e. The number of carbonyl (C=O) groups is 3. The Morgan fingerprint density at radius 2 is 1.56 bits per heavy atom. The molecule has 0 saturated carbocycles. The Morgan fingerprint density at radius 1 is 0.963 bits per heavy atom. The van der Waals surface area contributed by atoms with Gasteiger partial charge in [0.25, 0.3) is 11.8 Å². The lowest BCUT2D eigenvalue weighted by atomic mass is 10.0. The molecule has 0 aromatic heterocycles. The summed E-state index contributed by atoms with van der Waals surface area (Å²) in [7, 11) is 0. The Labute approximate surface area is 158 Å². The fraction of sp³-hybridized carbons (Fsp3) is 0.318. The van der Waals surface area contributed by atoms with Gasteiger partial charge in [0, 0.05) is 12.2 Å². The molecule has 4 rings (SSSR count). The van der Waals surface area contributed by atoms with E-state index in [2.05, 4.69) is 0 Å². The van der Waals surface area contributed by atoms with E-state index in [4.69, 9.17) is 0 Å². The number of rotatable bonds is 4. The number of imide groups is 1. The molecule has 138 valence electrons. The highest BCUT2D eigenvalue weighted by Crippen LogP contribution is 2.32. The first-order valence-electron chi connectivity index (χ1n) is 9.35. The van der Waals surface area contributed by atoms with Crippen LogP contribution in [0.4, 0.5) is 5.69 Å². The van der Waals surface area contributed by atoms with E-state index in [1.807, 2.05) is 38.1 Å². The van der Waals surface area contributed by atoms with Crippen LogP contribution in [0.1, 0.15) is 46.5 Å². The van der Waals surface area contributed by atoms with Gasteiger partial charge in [-0.15, -0.1) is 0 Å². The van der Waals surface area contributed by atoms with E-state index >= 15 is 0 Å². The third-order valence-corrected chi connectivity index (χ3v) is 5.27. The van der Waals surface area contributed by atoms with Gasteiger partial charge in [-0.25, -0.2) is 0 Å². The first kappa shape index (κ1) is 17.5. The van der Waals surface area contributed by atoms with Gasteiger partial charge in [0.15, 0.2) is 0 Å². The van der Waals surface area contributed by atoms with Crippen LogP contribution in [0.3, 0.4) is 0 Å². The lowest BCUT2D eigenvalue weighted by Crippen LogP contribution is -2.51. The van der Waals surface area contributed by atoms with Gasteiger partial charge >= 0.3 is 0 Å². The standard InChI is InChI=1S/C22H22N2O3/c1-14(2)13-19(22(27)23-12-11-15-7-3-6-10-18(15)23)24-20(25)16-8-4-5-9-17(16)21(24)26/h3-10,14,19H,11-13H2,1-2H3. The van der Waals surface area contributed by atoms with Gasteiger partial charge < -0.3 is 4.90 Å². The number of amides is 3. The minimum absolute atomic E-state index is 0.168. The van der Waals surface area contributed by atoms with Crippen molar-refractivity contribution in [3.8, 4) is 0 Å². The summed E-state index contributed by atoms with van der Waals surface area (Å²) >= 11 is 0. The van der Waals surface area contributed by atoms with Crippen molar-refractivity contribution in [3.05, 3.63) is 65.2 Å². The summed E-state index contributed by atoms with van der Waals surface area (Å²) in [5.41, 5.74) is 2.76. The molecule has 0 saturated heterocycles. The van der Waals surface area contributed by atoms with Crippen molar-refractivity contribution in [1.82, 2.24) is 4.90 Å². The molecule has 3 amide bonds. The number of nitrogens with zero attached hydrogens (tertiary/aromatic N) is 2. The molecular weight excluding hydrogens is 340 g/mol. The monoisotopic (exact) mass is 362 g/mol. The van der Waals surface area contributed by atoms with Crippen molar-refractivity contribution >= 4 is 23.4 Å². The average molecular weight is 362 g/mol. The van der Waals surface area contributed by atoms with Gasteiger partial charge in [0.2, 0.25) is 5.91 Å². The fourth-order valence-electron chi connectivity index (χ4n) is 4.00. The molecule has 2 heterocycles. The van der Waals surface area contributed by atoms with Crippen LogP contribution in [0, 0.1) is 5.92 Å². The van der Waals surface area contributed by atoms with Crippen molar-refractivity contribution in [2.24, 2.45) is 5.92 Å². The van der Waals surface area contributed by atoms with Crippen molar-refractivity contribution in [2.75, 3.05) is 11.4 Å². The zero-order chi connectivity index (χ0) is 19.1. The Balaban J connectivity index is 1.70. The van der Waals surface area contributed by atoms with Gasteiger partial charge in [-0.2, -0.15) is 0 Å². The van der Waals surface area contributed by atoms with E-state index in [1.54, 1.807) is 29.2 Å². The van der Waals surface area contributed by atoms with Crippen LogP contribution in [0.5, 0.6) is 0 Å². The Morgan fingerprint density at radius 3 is 2.19 bits per heavy atom. The molecule has 1 atom stereocenters. The number of anilines is 1. The molecule has 0 bridgehead atoms. The quantitative estimate of drug-likeness (QED) is 0.784. The molecule has 2 aromatic carbocycles. The summed E-state index contributed by atoms with van der Waals surface area (Å²) < 4.78 is 0. The zero-order valence-corrected chi connectivity index (χ0v) is 15.5. The van der Waals surface area contributed by atoms with Crippen LogP contribution in [-0.4, -0.2) is 35.2 Å². The maximum atomic E-state index is 13.5. The third kappa shape index (κ3) is 2.83. The summed E-state index contributed by atoms with van der Waals surface area (Å²) in [6.07, 6.45) is 1.24. The average Bonchev–Trinajstić information content (AvgIpc) is 3.20. The van der Waals surface area contributed by atoms with Crippen LogP contribution in [-0.2, 0) is 11.2 Å². The second-order valence-corrected chi connectivity index (χ2v) is 7.54. The first-order chi connectivity index (χ1) is 13.0. The van der Waals surface area contributed by atoms with Crippen LogP contribution < -0.4 is 4.90 Å². The molecule has 27 heavy (non-hydrogen) atoms. The van der Waals surface area contributed by atoms with Gasteiger partial charge in [-0.1, -0.05) is 44.2 Å². The smallest absolute Gasteiger partial charge is 0.262 e. The summed E-state index contributed by atoms with van der Waals surface area (Å²) in [5, 5.41) is 0. The maximum Gasteiger partial charge on any atom is 0.262 e. The van der Waals surface area contributed by atoms with Crippen molar-refractivity contribution in [2.45, 2.75) is 32.7 Å². The number of hydrogen-bond donors (Lipinski definition) is 0. The lowest BCUT2D eigenvalue weighted by Gasteiger charge is -2.30. The van der Waals surface area contributed by atoms with E-state index in [9.17, 15) is 14.4 Å². The highest BCUT2D eigenvalue weighted by atomic mass is 16.2. The van der Waals surface area contributed by atoms with Crippen LogP contribution in [0.15, 0.2) is 48.5 Å². The molecular formula is C22H22N2O3. The maximum absolute atomic E-state index is 13.5. The normalized spacial score (nSPS) is 16.7. The Kier molecular flexibility index (Phi) is 4.30. The number of hydrogen-bond acceptors (Lipinski definition) is 3. The summed E-state index contributed by atoms with van der Waals surface area (Å²) in [6, 6.07) is 13.8. The van der Waals surface area contributed by atoms with Crippen molar-refractivity contribution in [1.29, 1.82) is 0 Å². The van der Waals surface area contributed by atoms with E-state index in [-0.39, 0.29) is 23.6 Å². The van der Waals surface area contributed by atoms with Gasteiger partial charge in [0.05, 0.1) is 11.1 Å². The van der Waals surface area contributed by atoms with Crippen molar-refractivity contribution < 1.29 is 14.4 Å². The highest BCUT2D eigenvalue weighted by molar-refractivity contribution is 6.23. The summed E-state index contributed by atoms with van der Waals surface area (Å²) in [6.45, 7) is 4.57. The van der Waals surface area contributed by atoms with Gasteiger partial charge in [0.1, 0.15) is 6.04 Å². The number of benzene rings is 2. The predicted molar refractivity (Wildman–Crippen MR) is 103 cm³/mol. The number of carbonyl (C=O) groups excluding carboxylic acids is 3. The molecule has 5 heteroatoms. The molecule has 0 aliphatic carbocycles. The van der Waals surface area contributed by atoms with Gasteiger partial charge in [-0.05, 0) is 42.5 Å². The molecule has 0 N–H and O–H groups in total. The number of para-hydroxylation sites is 1. The third-order valence-electron chi connectivity index (χ3n) is 5.27. The summed E-state index contributed by atoms with van der Waals surface area (Å²) in [4.78, 5) is 42.2. The van der Waals surface area contributed by atoms with E-state index in [0.717, 1.165) is 17.7 Å². The largest absolute Gasteiger partial charge is 0.310 e. The molecule has 0 fully saturated rings. The lowest BCUT2D eigenvalue weighted by molar-refractivity contribution is -0.122. The molecule has 2 aliphatic heterocycles. The minimum atomic E-state index is -0.788. The first-order valence-corrected chi connectivity index (χ1v) is 9.35. The molecule has 2 aromatic rings. The summed E-state index contributed by atoms with van der Waals surface area (Å²) in [5.74, 6) is -0.756. The van der Waals surface area contributed by atoms with Gasteiger partial charge in [-0.3, -0.25) is 19.3 Å². The second-order valence-electron chi connectivity index (χ2n) is 7.54.